The normalized spacial score (nSPS) is 12.3. The molecule has 2 aromatic carbocycles. The van der Waals surface area contributed by atoms with Gasteiger partial charge in [0.05, 0.1) is 0 Å². The molecule has 2 N–H and O–H groups in total. The standard InChI is InChI=1S/C16H14FN3O/c1-10-7-12(9-13(17)8-10)15-19-16(21-20-15)14(18)11-5-3-2-4-6-11/h2-9,14H,18H2,1H3/t14-/m1/s1. The van der Waals surface area contributed by atoms with E-state index in [1.54, 1.807) is 6.07 Å². The van der Waals surface area contributed by atoms with Gasteiger partial charge in [-0.15, -0.1) is 0 Å². The summed E-state index contributed by atoms with van der Waals surface area (Å²) in [5, 5.41) is 3.88. The van der Waals surface area contributed by atoms with E-state index < -0.39 is 6.04 Å². The van der Waals surface area contributed by atoms with Crippen molar-refractivity contribution in [1.82, 2.24) is 10.1 Å². The van der Waals surface area contributed by atoms with E-state index >= 15 is 0 Å². The summed E-state index contributed by atoms with van der Waals surface area (Å²) in [6.07, 6.45) is 0. The summed E-state index contributed by atoms with van der Waals surface area (Å²) in [7, 11) is 0. The molecule has 0 fully saturated rings. The van der Waals surface area contributed by atoms with Crippen molar-refractivity contribution in [2.45, 2.75) is 13.0 Å². The van der Waals surface area contributed by atoms with Crippen molar-refractivity contribution in [2.75, 3.05) is 0 Å². The third kappa shape index (κ3) is 2.83. The lowest BCUT2D eigenvalue weighted by Gasteiger charge is -2.05. The molecule has 0 bridgehead atoms. The highest BCUT2D eigenvalue weighted by atomic mass is 19.1. The molecule has 0 saturated heterocycles. The largest absolute Gasteiger partial charge is 0.337 e. The zero-order valence-electron chi connectivity index (χ0n) is 11.5. The van der Waals surface area contributed by atoms with Gasteiger partial charge in [0.25, 0.3) is 0 Å². The highest BCUT2D eigenvalue weighted by Crippen LogP contribution is 2.23. The summed E-state index contributed by atoms with van der Waals surface area (Å²) in [6, 6.07) is 13.6. The van der Waals surface area contributed by atoms with E-state index in [-0.39, 0.29) is 5.82 Å². The lowest BCUT2D eigenvalue weighted by molar-refractivity contribution is 0.367. The zero-order chi connectivity index (χ0) is 14.8. The van der Waals surface area contributed by atoms with Gasteiger partial charge in [-0.25, -0.2) is 4.39 Å². The molecule has 106 valence electrons. The van der Waals surface area contributed by atoms with Gasteiger partial charge in [-0.2, -0.15) is 4.98 Å². The molecule has 3 aromatic rings. The maximum Gasteiger partial charge on any atom is 0.248 e. The van der Waals surface area contributed by atoms with Gasteiger partial charge >= 0.3 is 0 Å². The van der Waals surface area contributed by atoms with Crippen LogP contribution in [0.3, 0.4) is 0 Å². The van der Waals surface area contributed by atoms with Crippen LogP contribution < -0.4 is 5.73 Å². The van der Waals surface area contributed by atoms with Crippen molar-refractivity contribution in [1.29, 1.82) is 0 Å². The SMILES string of the molecule is Cc1cc(F)cc(-c2noc([C@H](N)c3ccccc3)n2)c1. The fourth-order valence-corrected chi connectivity index (χ4v) is 2.15. The Morgan fingerprint density at radius 3 is 2.62 bits per heavy atom. The molecular weight excluding hydrogens is 269 g/mol. The molecular formula is C16H14FN3O. The predicted octanol–water partition coefficient (Wildman–Crippen LogP) is 3.23. The minimum absolute atomic E-state index is 0.304. The van der Waals surface area contributed by atoms with E-state index in [0.29, 0.717) is 17.3 Å². The number of benzene rings is 2. The lowest BCUT2D eigenvalue weighted by Crippen LogP contribution is -2.11. The lowest BCUT2D eigenvalue weighted by atomic mass is 10.1. The monoisotopic (exact) mass is 283 g/mol. The third-order valence-corrected chi connectivity index (χ3v) is 3.17. The summed E-state index contributed by atoms with van der Waals surface area (Å²) in [5.41, 5.74) is 8.34. The molecule has 5 heteroatoms. The molecule has 1 atom stereocenters. The molecule has 0 amide bonds. The van der Waals surface area contributed by atoms with Gasteiger partial charge in [0.15, 0.2) is 0 Å². The van der Waals surface area contributed by atoms with E-state index in [0.717, 1.165) is 11.1 Å². The molecule has 0 saturated carbocycles. The van der Waals surface area contributed by atoms with Crippen molar-refractivity contribution >= 4 is 0 Å². The van der Waals surface area contributed by atoms with Crippen molar-refractivity contribution in [3.8, 4) is 11.4 Å². The van der Waals surface area contributed by atoms with Gasteiger partial charge < -0.3 is 10.3 Å². The smallest absolute Gasteiger partial charge is 0.248 e. The first kappa shape index (κ1) is 13.5. The molecule has 0 unspecified atom stereocenters. The van der Waals surface area contributed by atoms with Crippen molar-refractivity contribution in [3.05, 3.63) is 71.4 Å². The number of rotatable bonds is 3. The zero-order valence-corrected chi connectivity index (χ0v) is 11.5. The average molecular weight is 283 g/mol. The summed E-state index contributed by atoms with van der Waals surface area (Å²) in [5.74, 6) is 0.306. The van der Waals surface area contributed by atoms with Crippen LogP contribution >= 0.6 is 0 Å². The van der Waals surface area contributed by atoms with Gasteiger partial charge in [0.2, 0.25) is 11.7 Å². The van der Waals surface area contributed by atoms with Crippen molar-refractivity contribution in [2.24, 2.45) is 5.73 Å². The molecule has 21 heavy (non-hydrogen) atoms. The summed E-state index contributed by atoms with van der Waals surface area (Å²) >= 11 is 0. The number of hydrogen-bond donors (Lipinski definition) is 1. The van der Waals surface area contributed by atoms with Gasteiger partial charge in [-0.3, -0.25) is 0 Å². The Labute approximate surface area is 121 Å². The summed E-state index contributed by atoms with van der Waals surface area (Å²) < 4.78 is 18.6. The number of nitrogens with two attached hydrogens (primary N) is 1. The Kier molecular flexibility index (Phi) is 3.50. The van der Waals surface area contributed by atoms with Gasteiger partial charge in [-0.1, -0.05) is 35.5 Å². The number of nitrogens with zero attached hydrogens (tertiary/aromatic N) is 2. The summed E-state index contributed by atoms with van der Waals surface area (Å²) in [6.45, 7) is 1.81. The first-order chi connectivity index (χ1) is 10.1. The predicted molar refractivity (Wildman–Crippen MR) is 76.9 cm³/mol. The van der Waals surface area contributed by atoms with Crippen LogP contribution in [0.15, 0.2) is 53.1 Å². The second-order valence-corrected chi connectivity index (χ2v) is 4.86. The molecule has 0 spiro atoms. The van der Waals surface area contributed by atoms with Crippen molar-refractivity contribution in [3.63, 3.8) is 0 Å². The van der Waals surface area contributed by atoms with E-state index in [2.05, 4.69) is 10.1 Å². The number of aromatic nitrogens is 2. The summed E-state index contributed by atoms with van der Waals surface area (Å²) in [4.78, 5) is 4.27. The average Bonchev–Trinajstić information content (AvgIpc) is 2.96. The fourth-order valence-electron chi connectivity index (χ4n) is 2.15. The van der Waals surface area contributed by atoms with Crippen LogP contribution in [0.2, 0.25) is 0 Å². The molecule has 1 heterocycles. The van der Waals surface area contributed by atoms with Crippen LogP contribution in [0.5, 0.6) is 0 Å². The molecule has 0 aliphatic heterocycles. The maximum absolute atomic E-state index is 13.4. The van der Waals surface area contributed by atoms with Crippen LogP contribution in [0.25, 0.3) is 11.4 Å². The van der Waals surface area contributed by atoms with Gasteiger partial charge in [0.1, 0.15) is 11.9 Å². The number of aryl methyl sites for hydroxylation is 1. The minimum Gasteiger partial charge on any atom is -0.337 e. The molecule has 0 radical (unpaired) electrons. The first-order valence-electron chi connectivity index (χ1n) is 6.55. The Morgan fingerprint density at radius 1 is 1.14 bits per heavy atom. The van der Waals surface area contributed by atoms with Crippen LogP contribution in [-0.4, -0.2) is 10.1 Å². The molecule has 3 rings (SSSR count). The second kappa shape index (κ2) is 5.46. The Hall–Kier alpha value is -2.53. The van der Waals surface area contributed by atoms with Crippen LogP contribution in [0.1, 0.15) is 23.1 Å². The Bertz CT molecular complexity index is 735. The van der Waals surface area contributed by atoms with Crippen LogP contribution in [-0.2, 0) is 0 Å². The van der Waals surface area contributed by atoms with Gasteiger partial charge in [0, 0.05) is 5.56 Å². The maximum atomic E-state index is 13.4. The quantitative estimate of drug-likeness (QED) is 0.801. The highest BCUT2D eigenvalue weighted by Gasteiger charge is 2.17. The van der Waals surface area contributed by atoms with E-state index in [1.165, 1.54) is 12.1 Å². The minimum atomic E-state index is -0.498. The fraction of sp³-hybridized carbons (Fsp3) is 0.125. The van der Waals surface area contributed by atoms with E-state index in [4.69, 9.17) is 10.3 Å². The molecule has 0 aliphatic rings. The second-order valence-electron chi connectivity index (χ2n) is 4.86. The molecule has 1 aromatic heterocycles. The van der Waals surface area contributed by atoms with Crippen LogP contribution in [0, 0.1) is 12.7 Å². The van der Waals surface area contributed by atoms with E-state index in [1.807, 2.05) is 37.3 Å². The van der Waals surface area contributed by atoms with E-state index in [9.17, 15) is 4.39 Å². The highest BCUT2D eigenvalue weighted by molar-refractivity contribution is 5.55. The first-order valence-corrected chi connectivity index (χ1v) is 6.55. The third-order valence-electron chi connectivity index (χ3n) is 3.17. The molecule has 0 aliphatic carbocycles. The Morgan fingerprint density at radius 2 is 1.90 bits per heavy atom. The Balaban J connectivity index is 1.93. The van der Waals surface area contributed by atoms with Crippen LogP contribution in [0.4, 0.5) is 4.39 Å². The number of hydrogen-bond acceptors (Lipinski definition) is 4. The van der Waals surface area contributed by atoms with Gasteiger partial charge in [-0.05, 0) is 36.2 Å². The number of halogens is 1. The topological polar surface area (TPSA) is 64.9 Å². The molecule has 4 nitrogen and oxygen atoms in total. The van der Waals surface area contributed by atoms with Crippen molar-refractivity contribution < 1.29 is 8.91 Å².